The summed E-state index contributed by atoms with van der Waals surface area (Å²) in [5.74, 6) is -0.559. The van der Waals surface area contributed by atoms with Crippen LogP contribution in [0, 0.1) is 0 Å². The molecule has 1 N–H and O–H groups in total. The number of carbonyl (C=O) groups is 2. The van der Waals surface area contributed by atoms with E-state index in [0.29, 0.717) is 0 Å². The molecule has 6 nitrogen and oxygen atoms in total. The molecule has 3 aromatic rings. The Labute approximate surface area is 194 Å². The van der Waals surface area contributed by atoms with Crippen LogP contribution in [0.15, 0.2) is 73.1 Å². The summed E-state index contributed by atoms with van der Waals surface area (Å²) >= 11 is 0. The molecule has 170 valence electrons. The molecule has 0 fully saturated rings. The van der Waals surface area contributed by atoms with Crippen molar-refractivity contribution in [1.82, 2.24) is 10.3 Å². The van der Waals surface area contributed by atoms with Crippen LogP contribution in [0.2, 0.25) is 0 Å². The summed E-state index contributed by atoms with van der Waals surface area (Å²) in [6, 6.07) is 19.0. The van der Waals surface area contributed by atoms with E-state index >= 15 is 0 Å². The zero-order valence-corrected chi connectivity index (χ0v) is 19.1. The number of amides is 1. The van der Waals surface area contributed by atoms with Gasteiger partial charge in [-0.25, -0.2) is 9.59 Å². The van der Waals surface area contributed by atoms with E-state index < -0.39 is 23.7 Å². The molecule has 1 amide bonds. The standard InChI is InChI=1S/C27H28N2O4/c1-27(2,3)33-25(30)24(16-18-12-14-28-15-13-18)29-26(31)32-17-23-21-10-6-4-8-19(21)20-9-5-7-11-22(20)23/h4-15,23-24H,16-17H2,1-3H3,(H,29,31). The SMILES string of the molecule is CC(C)(C)OC(=O)C(Cc1ccncc1)NC(=O)OCC1c2ccccc2-c2ccccc21. The Bertz CT molecular complexity index is 1090. The maximum Gasteiger partial charge on any atom is 0.407 e. The molecule has 1 aliphatic rings. The summed E-state index contributed by atoms with van der Waals surface area (Å²) < 4.78 is 11.1. The van der Waals surface area contributed by atoms with Gasteiger partial charge in [-0.1, -0.05) is 48.5 Å². The van der Waals surface area contributed by atoms with E-state index in [1.807, 2.05) is 24.3 Å². The third-order valence-corrected chi connectivity index (χ3v) is 5.52. The number of hydrogen-bond acceptors (Lipinski definition) is 5. The molecular weight excluding hydrogens is 416 g/mol. The number of rotatable bonds is 6. The molecule has 0 saturated carbocycles. The highest BCUT2D eigenvalue weighted by Crippen LogP contribution is 2.44. The predicted octanol–water partition coefficient (Wildman–Crippen LogP) is 4.87. The first-order valence-electron chi connectivity index (χ1n) is 11.0. The molecule has 0 saturated heterocycles. The number of benzene rings is 2. The summed E-state index contributed by atoms with van der Waals surface area (Å²) in [6.45, 7) is 5.56. The Hall–Kier alpha value is -3.67. The molecule has 1 heterocycles. The number of nitrogens with one attached hydrogen (secondary N) is 1. The second kappa shape index (κ2) is 9.45. The lowest BCUT2D eigenvalue weighted by Crippen LogP contribution is -2.46. The summed E-state index contributed by atoms with van der Waals surface area (Å²) in [6.07, 6.45) is 2.92. The van der Waals surface area contributed by atoms with Gasteiger partial charge in [0, 0.05) is 24.7 Å². The van der Waals surface area contributed by atoms with E-state index in [0.717, 1.165) is 27.8 Å². The van der Waals surface area contributed by atoms with Crippen LogP contribution in [-0.2, 0) is 20.7 Å². The Kier molecular flexibility index (Phi) is 6.45. The van der Waals surface area contributed by atoms with Crippen LogP contribution in [0.25, 0.3) is 11.1 Å². The van der Waals surface area contributed by atoms with Crippen LogP contribution in [0.1, 0.15) is 43.4 Å². The van der Waals surface area contributed by atoms with Crippen molar-refractivity contribution < 1.29 is 19.1 Å². The van der Waals surface area contributed by atoms with Crippen molar-refractivity contribution in [2.24, 2.45) is 0 Å². The summed E-state index contributed by atoms with van der Waals surface area (Å²) in [4.78, 5) is 29.5. The normalized spacial score (nSPS) is 13.5. The van der Waals surface area contributed by atoms with Crippen LogP contribution in [-0.4, -0.2) is 35.3 Å². The number of aromatic nitrogens is 1. The van der Waals surface area contributed by atoms with Crippen LogP contribution in [0.3, 0.4) is 0 Å². The second-order valence-corrected chi connectivity index (χ2v) is 9.12. The van der Waals surface area contributed by atoms with Crippen molar-refractivity contribution >= 4 is 12.1 Å². The molecule has 6 heteroatoms. The number of pyridine rings is 1. The first kappa shape index (κ1) is 22.5. The van der Waals surface area contributed by atoms with Gasteiger partial charge in [0.1, 0.15) is 18.2 Å². The van der Waals surface area contributed by atoms with Gasteiger partial charge < -0.3 is 14.8 Å². The summed E-state index contributed by atoms with van der Waals surface area (Å²) in [5.41, 5.74) is 4.77. The molecule has 1 aromatic heterocycles. The molecule has 2 aromatic carbocycles. The number of ether oxygens (including phenoxy) is 2. The van der Waals surface area contributed by atoms with Gasteiger partial charge in [0.05, 0.1) is 0 Å². The van der Waals surface area contributed by atoms with E-state index in [2.05, 4.69) is 34.6 Å². The number of nitrogens with zero attached hydrogens (tertiary/aromatic N) is 1. The van der Waals surface area contributed by atoms with Gasteiger partial charge in [0.2, 0.25) is 0 Å². The van der Waals surface area contributed by atoms with Crippen molar-refractivity contribution in [2.45, 2.75) is 44.8 Å². The molecule has 0 radical (unpaired) electrons. The highest BCUT2D eigenvalue weighted by atomic mass is 16.6. The highest BCUT2D eigenvalue weighted by molar-refractivity contribution is 5.82. The molecule has 4 rings (SSSR count). The zero-order chi connectivity index (χ0) is 23.4. The Balaban J connectivity index is 1.46. The molecule has 0 spiro atoms. The molecule has 1 atom stereocenters. The van der Waals surface area contributed by atoms with Gasteiger partial charge >= 0.3 is 12.1 Å². The Morgan fingerprint density at radius 2 is 1.52 bits per heavy atom. The third kappa shape index (κ3) is 5.40. The van der Waals surface area contributed by atoms with Gasteiger partial charge in [0.15, 0.2) is 0 Å². The minimum Gasteiger partial charge on any atom is -0.458 e. The fourth-order valence-corrected chi connectivity index (χ4v) is 4.10. The largest absolute Gasteiger partial charge is 0.458 e. The average molecular weight is 445 g/mol. The minimum absolute atomic E-state index is 0.0525. The van der Waals surface area contributed by atoms with Crippen molar-refractivity contribution in [3.63, 3.8) is 0 Å². The fraction of sp³-hybridized carbons (Fsp3) is 0.296. The molecule has 0 bridgehead atoms. The highest BCUT2D eigenvalue weighted by Gasteiger charge is 2.31. The van der Waals surface area contributed by atoms with Crippen molar-refractivity contribution in [3.8, 4) is 11.1 Å². The lowest BCUT2D eigenvalue weighted by molar-refractivity contribution is -0.157. The first-order valence-corrected chi connectivity index (χ1v) is 11.0. The van der Waals surface area contributed by atoms with E-state index in [4.69, 9.17) is 9.47 Å². The maximum atomic E-state index is 12.8. The van der Waals surface area contributed by atoms with Crippen LogP contribution in [0.5, 0.6) is 0 Å². The number of esters is 1. The minimum atomic E-state index is -0.873. The molecule has 1 aliphatic carbocycles. The Morgan fingerprint density at radius 3 is 2.09 bits per heavy atom. The van der Waals surface area contributed by atoms with Crippen molar-refractivity contribution in [2.75, 3.05) is 6.61 Å². The van der Waals surface area contributed by atoms with Gasteiger partial charge in [-0.2, -0.15) is 0 Å². The third-order valence-electron chi connectivity index (χ3n) is 5.52. The Morgan fingerprint density at radius 1 is 0.939 bits per heavy atom. The van der Waals surface area contributed by atoms with Crippen LogP contribution < -0.4 is 5.32 Å². The zero-order valence-electron chi connectivity index (χ0n) is 19.1. The lowest BCUT2D eigenvalue weighted by atomic mass is 9.98. The molecular formula is C27H28N2O4. The van der Waals surface area contributed by atoms with E-state index in [1.54, 1.807) is 45.3 Å². The number of carbonyl (C=O) groups excluding carboxylic acids is 2. The van der Waals surface area contributed by atoms with Crippen molar-refractivity contribution in [3.05, 3.63) is 89.7 Å². The first-order chi connectivity index (χ1) is 15.8. The molecule has 0 aliphatic heterocycles. The van der Waals surface area contributed by atoms with E-state index in [1.165, 1.54) is 0 Å². The van der Waals surface area contributed by atoms with Crippen LogP contribution in [0.4, 0.5) is 4.79 Å². The molecule has 1 unspecified atom stereocenters. The average Bonchev–Trinajstić information content (AvgIpc) is 3.11. The van der Waals surface area contributed by atoms with Crippen LogP contribution >= 0.6 is 0 Å². The van der Waals surface area contributed by atoms with E-state index in [9.17, 15) is 9.59 Å². The van der Waals surface area contributed by atoms with Gasteiger partial charge in [-0.05, 0) is 60.7 Å². The summed E-state index contributed by atoms with van der Waals surface area (Å²) in [7, 11) is 0. The van der Waals surface area contributed by atoms with Crippen molar-refractivity contribution in [1.29, 1.82) is 0 Å². The monoisotopic (exact) mass is 444 g/mol. The van der Waals surface area contributed by atoms with Gasteiger partial charge in [0.25, 0.3) is 0 Å². The predicted molar refractivity (Wildman–Crippen MR) is 126 cm³/mol. The maximum absolute atomic E-state index is 12.8. The quantitative estimate of drug-likeness (QED) is 0.549. The van der Waals surface area contributed by atoms with E-state index in [-0.39, 0.29) is 18.9 Å². The molecule has 33 heavy (non-hydrogen) atoms. The topological polar surface area (TPSA) is 77.5 Å². The fourth-order valence-electron chi connectivity index (χ4n) is 4.10. The number of fused-ring (bicyclic) bond motifs is 3. The van der Waals surface area contributed by atoms with Gasteiger partial charge in [-0.15, -0.1) is 0 Å². The lowest BCUT2D eigenvalue weighted by Gasteiger charge is -2.24. The number of hydrogen-bond donors (Lipinski definition) is 1. The summed E-state index contributed by atoms with van der Waals surface area (Å²) in [5, 5.41) is 2.70. The number of alkyl carbamates (subject to hydrolysis) is 1. The second-order valence-electron chi connectivity index (χ2n) is 9.12. The van der Waals surface area contributed by atoms with Gasteiger partial charge in [-0.3, -0.25) is 4.98 Å². The smallest absolute Gasteiger partial charge is 0.407 e.